The predicted molar refractivity (Wildman–Crippen MR) is 126 cm³/mol. The first-order valence-electron chi connectivity index (χ1n) is 11.1. The Hall–Kier alpha value is -2.96. The molecule has 2 aromatic carbocycles. The van der Waals surface area contributed by atoms with Crippen molar-refractivity contribution in [3.05, 3.63) is 71.5 Å². The maximum Gasteiger partial charge on any atom is 0.246 e. The highest BCUT2D eigenvalue weighted by Gasteiger charge is 2.19. The summed E-state index contributed by atoms with van der Waals surface area (Å²) in [6.45, 7) is 0.922. The van der Waals surface area contributed by atoms with Crippen LogP contribution in [0.2, 0.25) is 5.28 Å². The molecule has 2 heterocycles. The monoisotopic (exact) mass is 447 g/mol. The van der Waals surface area contributed by atoms with E-state index in [1.807, 2.05) is 24.3 Å². The van der Waals surface area contributed by atoms with Crippen molar-refractivity contribution in [3.8, 4) is 22.8 Å². The van der Waals surface area contributed by atoms with Crippen molar-refractivity contribution in [1.82, 2.24) is 24.7 Å². The number of hydrogen-bond donors (Lipinski definition) is 0. The zero-order chi connectivity index (χ0) is 21.9. The summed E-state index contributed by atoms with van der Waals surface area (Å²) in [4.78, 5) is 2.49. The maximum atomic E-state index is 6.21. The summed E-state index contributed by atoms with van der Waals surface area (Å²) in [5, 5.41) is 12.4. The molecule has 0 radical (unpaired) electrons. The lowest BCUT2D eigenvalue weighted by Gasteiger charge is -2.31. The standard InChI is InChI=1S/C25H26ClN5O/c1-30(20-10-6-3-7-11-20)17-18-12-13-22(21(16-18)19-8-4-2-5-9-19)32-24-15-14-23-27-28-25(26)31(23)29-24/h2,4-5,8-9,12-16,20H,3,6-7,10-11,17H2,1H3. The third-order valence-corrected chi connectivity index (χ3v) is 6.41. The molecule has 0 saturated heterocycles. The molecule has 2 aromatic heterocycles. The number of ether oxygens (including phenoxy) is 1. The van der Waals surface area contributed by atoms with Gasteiger partial charge >= 0.3 is 0 Å². The molecular weight excluding hydrogens is 422 g/mol. The molecule has 1 aliphatic rings. The lowest BCUT2D eigenvalue weighted by atomic mass is 9.94. The van der Waals surface area contributed by atoms with E-state index in [1.54, 1.807) is 12.1 Å². The van der Waals surface area contributed by atoms with Gasteiger partial charge in [0.2, 0.25) is 11.2 Å². The van der Waals surface area contributed by atoms with Gasteiger partial charge in [0.05, 0.1) is 0 Å². The van der Waals surface area contributed by atoms with E-state index in [-0.39, 0.29) is 5.28 Å². The Kier molecular flexibility index (Phi) is 6.06. The number of nitrogens with zero attached hydrogens (tertiary/aromatic N) is 5. The molecule has 1 fully saturated rings. The van der Waals surface area contributed by atoms with Crippen molar-refractivity contribution in [2.45, 2.75) is 44.7 Å². The highest BCUT2D eigenvalue weighted by molar-refractivity contribution is 6.28. The van der Waals surface area contributed by atoms with E-state index in [0.717, 1.165) is 23.4 Å². The van der Waals surface area contributed by atoms with Crippen molar-refractivity contribution in [1.29, 1.82) is 0 Å². The van der Waals surface area contributed by atoms with Crippen LogP contribution < -0.4 is 4.74 Å². The zero-order valence-electron chi connectivity index (χ0n) is 18.1. The second kappa shape index (κ2) is 9.27. The number of aromatic nitrogens is 4. The Morgan fingerprint density at radius 2 is 1.81 bits per heavy atom. The van der Waals surface area contributed by atoms with Gasteiger partial charge in [-0.3, -0.25) is 4.90 Å². The van der Waals surface area contributed by atoms with Crippen LogP contribution in [0.4, 0.5) is 0 Å². The van der Waals surface area contributed by atoms with Crippen LogP contribution in [0.15, 0.2) is 60.7 Å². The lowest BCUT2D eigenvalue weighted by molar-refractivity contribution is 0.184. The third-order valence-electron chi connectivity index (χ3n) is 6.17. The maximum absolute atomic E-state index is 6.21. The van der Waals surface area contributed by atoms with Gasteiger partial charge in [-0.05, 0) is 60.8 Å². The van der Waals surface area contributed by atoms with E-state index in [9.17, 15) is 0 Å². The minimum absolute atomic E-state index is 0.204. The van der Waals surface area contributed by atoms with Crippen LogP contribution in [0.3, 0.4) is 0 Å². The fourth-order valence-corrected chi connectivity index (χ4v) is 4.62. The largest absolute Gasteiger partial charge is 0.437 e. The van der Waals surface area contributed by atoms with Crippen LogP contribution in [0.25, 0.3) is 16.8 Å². The van der Waals surface area contributed by atoms with Gasteiger partial charge in [-0.25, -0.2) is 0 Å². The SMILES string of the molecule is CN(Cc1ccc(Oc2ccc3nnc(Cl)n3n2)c(-c2ccccc2)c1)C1CCCCC1. The number of benzene rings is 2. The average molecular weight is 448 g/mol. The van der Waals surface area contributed by atoms with E-state index in [1.165, 1.54) is 42.2 Å². The molecule has 0 unspecified atom stereocenters. The molecule has 0 bridgehead atoms. The highest BCUT2D eigenvalue weighted by Crippen LogP contribution is 2.34. The summed E-state index contributed by atoms with van der Waals surface area (Å²) >= 11 is 6.07. The molecule has 1 aliphatic carbocycles. The summed E-state index contributed by atoms with van der Waals surface area (Å²) in [6, 6.07) is 21.0. The van der Waals surface area contributed by atoms with Gasteiger partial charge in [-0.2, -0.15) is 4.52 Å². The molecule has 6 nitrogen and oxygen atoms in total. The molecule has 0 atom stereocenters. The Labute approximate surface area is 192 Å². The van der Waals surface area contributed by atoms with E-state index in [0.29, 0.717) is 17.6 Å². The zero-order valence-corrected chi connectivity index (χ0v) is 18.9. The summed E-state index contributed by atoms with van der Waals surface area (Å²) < 4.78 is 7.68. The fraction of sp³-hybridized carbons (Fsp3) is 0.320. The molecule has 7 heteroatoms. The molecular formula is C25H26ClN5O. The number of hydrogen-bond acceptors (Lipinski definition) is 5. The smallest absolute Gasteiger partial charge is 0.246 e. The topological polar surface area (TPSA) is 55.5 Å². The third kappa shape index (κ3) is 4.47. The fourth-order valence-electron chi connectivity index (χ4n) is 4.46. The molecule has 1 saturated carbocycles. The van der Waals surface area contributed by atoms with Crippen molar-refractivity contribution in [2.24, 2.45) is 0 Å². The normalized spacial score (nSPS) is 14.8. The second-order valence-electron chi connectivity index (χ2n) is 8.42. The molecule has 0 spiro atoms. The van der Waals surface area contributed by atoms with Gasteiger partial charge in [-0.1, -0.05) is 55.7 Å². The van der Waals surface area contributed by atoms with Gasteiger partial charge in [0.15, 0.2) is 5.65 Å². The van der Waals surface area contributed by atoms with Gasteiger partial charge < -0.3 is 4.74 Å². The molecule has 0 N–H and O–H groups in total. The Balaban J connectivity index is 1.45. The molecule has 0 amide bonds. The lowest BCUT2D eigenvalue weighted by Crippen LogP contribution is -2.32. The highest BCUT2D eigenvalue weighted by atomic mass is 35.5. The second-order valence-corrected chi connectivity index (χ2v) is 8.75. The molecule has 164 valence electrons. The first-order chi connectivity index (χ1) is 15.7. The van der Waals surface area contributed by atoms with Crippen LogP contribution in [0.1, 0.15) is 37.7 Å². The van der Waals surface area contributed by atoms with Gasteiger partial charge in [0.1, 0.15) is 5.75 Å². The van der Waals surface area contributed by atoms with Crippen molar-refractivity contribution in [3.63, 3.8) is 0 Å². The predicted octanol–water partition coefficient (Wildman–Crippen LogP) is 6.00. The molecule has 5 rings (SSSR count). The summed E-state index contributed by atoms with van der Waals surface area (Å²) in [7, 11) is 2.24. The minimum atomic E-state index is 0.204. The first-order valence-corrected chi connectivity index (χ1v) is 11.5. The van der Waals surface area contributed by atoms with Crippen LogP contribution in [0, 0.1) is 0 Å². The molecule has 0 aliphatic heterocycles. The van der Waals surface area contributed by atoms with Gasteiger partial charge in [0, 0.05) is 24.2 Å². The quantitative estimate of drug-likeness (QED) is 0.362. The average Bonchev–Trinajstić information content (AvgIpc) is 3.21. The number of fused-ring (bicyclic) bond motifs is 1. The molecule has 4 aromatic rings. The minimum Gasteiger partial charge on any atom is -0.437 e. The van der Waals surface area contributed by atoms with Crippen molar-refractivity contribution in [2.75, 3.05) is 7.05 Å². The summed E-state index contributed by atoms with van der Waals surface area (Å²) in [6.07, 6.45) is 6.64. The Morgan fingerprint density at radius 3 is 2.62 bits per heavy atom. The van der Waals surface area contributed by atoms with E-state index in [4.69, 9.17) is 16.3 Å². The van der Waals surface area contributed by atoms with Gasteiger partial charge in [-0.15, -0.1) is 15.3 Å². The van der Waals surface area contributed by atoms with Crippen LogP contribution in [-0.2, 0) is 6.54 Å². The first kappa shape index (κ1) is 20.9. The van der Waals surface area contributed by atoms with Crippen molar-refractivity contribution < 1.29 is 4.74 Å². The Morgan fingerprint density at radius 1 is 1.00 bits per heavy atom. The number of rotatable bonds is 6. The number of halogens is 1. The van der Waals surface area contributed by atoms with E-state index < -0.39 is 0 Å². The molecule has 32 heavy (non-hydrogen) atoms. The van der Waals surface area contributed by atoms with Crippen LogP contribution in [-0.4, -0.2) is 37.8 Å². The summed E-state index contributed by atoms with van der Waals surface area (Å²) in [5.41, 5.74) is 3.99. The van der Waals surface area contributed by atoms with Crippen LogP contribution in [0.5, 0.6) is 11.6 Å². The van der Waals surface area contributed by atoms with E-state index >= 15 is 0 Å². The van der Waals surface area contributed by atoms with E-state index in [2.05, 4.69) is 51.5 Å². The van der Waals surface area contributed by atoms with Crippen molar-refractivity contribution >= 4 is 17.2 Å². The Bertz CT molecular complexity index is 1200. The summed E-state index contributed by atoms with van der Waals surface area (Å²) in [5.74, 6) is 1.18. The van der Waals surface area contributed by atoms with Gasteiger partial charge in [0.25, 0.3) is 0 Å². The van der Waals surface area contributed by atoms with Crippen LogP contribution >= 0.6 is 11.6 Å².